The van der Waals surface area contributed by atoms with E-state index in [2.05, 4.69) is 19.2 Å². The van der Waals surface area contributed by atoms with Crippen LogP contribution in [-0.4, -0.2) is 18.5 Å². The number of hydrogen-bond acceptors (Lipinski definition) is 3. The van der Waals surface area contributed by atoms with Crippen LogP contribution in [0.25, 0.3) is 0 Å². The average molecular weight is 294 g/mol. The second kappa shape index (κ2) is 9.61. The highest BCUT2D eigenvalue weighted by Gasteiger charge is 2.15. The van der Waals surface area contributed by atoms with Gasteiger partial charge in [0, 0.05) is 18.9 Å². The molecule has 120 valence electrons. The summed E-state index contributed by atoms with van der Waals surface area (Å²) in [5, 5.41) is 3.07. The van der Waals surface area contributed by atoms with Gasteiger partial charge in [0.05, 0.1) is 6.26 Å². The summed E-state index contributed by atoms with van der Waals surface area (Å²) in [7, 11) is 0. The molecule has 4 heteroatoms. The number of nitrogens with one attached hydrogen (secondary N) is 1. The molecule has 2 atom stereocenters. The minimum Gasteiger partial charge on any atom is -0.469 e. The van der Waals surface area contributed by atoms with Gasteiger partial charge >= 0.3 is 0 Å². The number of hydrogen-bond donors (Lipinski definition) is 2. The molecular formula is C17H30N2O2. The fraction of sp³-hybridized carbons (Fsp3) is 0.706. The molecule has 1 heterocycles. The second-order valence-corrected chi connectivity index (χ2v) is 6.21. The van der Waals surface area contributed by atoms with Crippen LogP contribution in [0, 0.1) is 11.8 Å². The number of amides is 1. The fourth-order valence-electron chi connectivity index (χ4n) is 2.57. The Morgan fingerprint density at radius 3 is 2.62 bits per heavy atom. The zero-order valence-electron chi connectivity index (χ0n) is 13.6. The number of rotatable bonds is 10. The molecule has 0 aliphatic rings. The molecule has 0 spiro atoms. The minimum absolute atomic E-state index is 0.143. The van der Waals surface area contributed by atoms with Crippen molar-refractivity contribution in [3.8, 4) is 0 Å². The van der Waals surface area contributed by atoms with Crippen molar-refractivity contribution >= 4 is 5.91 Å². The van der Waals surface area contributed by atoms with Crippen molar-refractivity contribution < 1.29 is 9.21 Å². The normalized spacial score (nSPS) is 14.1. The molecule has 1 aromatic heterocycles. The third kappa shape index (κ3) is 7.32. The van der Waals surface area contributed by atoms with Crippen LogP contribution in [0.5, 0.6) is 0 Å². The smallest absolute Gasteiger partial charge is 0.220 e. The summed E-state index contributed by atoms with van der Waals surface area (Å²) in [4.78, 5) is 12.0. The Balaban J connectivity index is 2.22. The molecule has 0 aliphatic heterocycles. The van der Waals surface area contributed by atoms with Gasteiger partial charge in [0.2, 0.25) is 5.91 Å². The predicted molar refractivity (Wildman–Crippen MR) is 85.9 cm³/mol. The van der Waals surface area contributed by atoms with E-state index >= 15 is 0 Å². The molecule has 0 radical (unpaired) electrons. The van der Waals surface area contributed by atoms with Crippen LogP contribution in [-0.2, 0) is 11.2 Å². The largest absolute Gasteiger partial charge is 0.469 e. The zero-order valence-corrected chi connectivity index (χ0v) is 13.6. The predicted octanol–water partition coefficient (Wildman–Crippen LogP) is 3.12. The molecule has 1 aromatic rings. The van der Waals surface area contributed by atoms with E-state index in [-0.39, 0.29) is 11.9 Å². The summed E-state index contributed by atoms with van der Waals surface area (Å²) >= 11 is 0. The standard InChI is InChI=1S/C17H30N2O2/c1-13(2)15(10-11-18)7-9-17(20)19-14(3)6-8-16-5-4-12-21-16/h4-5,12-15H,6-11,18H2,1-3H3,(H,19,20). The van der Waals surface area contributed by atoms with Crippen LogP contribution < -0.4 is 11.1 Å². The van der Waals surface area contributed by atoms with E-state index in [0.29, 0.717) is 24.8 Å². The quantitative estimate of drug-likeness (QED) is 0.696. The number of aryl methyl sites for hydroxylation is 1. The van der Waals surface area contributed by atoms with Crippen molar-refractivity contribution in [1.29, 1.82) is 0 Å². The Morgan fingerprint density at radius 1 is 1.29 bits per heavy atom. The average Bonchev–Trinajstić information content (AvgIpc) is 2.94. The highest BCUT2D eigenvalue weighted by Crippen LogP contribution is 2.20. The van der Waals surface area contributed by atoms with Crippen LogP contribution in [0.4, 0.5) is 0 Å². The van der Waals surface area contributed by atoms with Gasteiger partial charge in [0.25, 0.3) is 0 Å². The molecule has 0 saturated carbocycles. The van der Waals surface area contributed by atoms with Crippen LogP contribution in [0.1, 0.15) is 52.2 Å². The first-order chi connectivity index (χ1) is 10.0. The first-order valence-electron chi connectivity index (χ1n) is 8.04. The lowest BCUT2D eigenvalue weighted by Gasteiger charge is -2.20. The monoisotopic (exact) mass is 294 g/mol. The Hall–Kier alpha value is -1.29. The molecule has 2 unspecified atom stereocenters. The summed E-state index contributed by atoms with van der Waals surface area (Å²) in [6.45, 7) is 7.14. The van der Waals surface area contributed by atoms with Gasteiger partial charge in [0.1, 0.15) is 5.76 Å². The van der Waals surface area contributed by atoms with Crippen molar-refractivity contribution in [3.63, 3.8) is 0 Å². The molecule has 3 N–H and O–H groups in total. The van der Waals surface area contributed by atoms with Gasteiger partial charge in [-0.3, -0.25) is 4.79 Å². The van der Waals surface area contributed by atoms with E-state index in [1.807, 2.05) is 19.1 Å². The maximum atomic E-state index is 12.0. The molecule has 0 aliphatic carbocycles. The van der Waals surface area contributed by atoms with E-state index < -0.39 is 0 Å². The maximum Gasteiger partial charge on any atom is 0.220 e. The van der Waals surface area contributed by atoms with Gasteiger partial charge < -0.3 is 15.5 Å². The molecule has 0 saturated heterocycles. The van der Waals surface area contributed by atoms with Crippen LogP contribution in [0.3, 0.4) is 0 Å². The Bertz CT molecular complexity index is 388. The second-order valence-electron chi connectivity index (χ2n) is 6.21. The SMILES string of the molecule is CC(CCc1ccco1)NC(=O)CCC(CCN)C(C)C. The van der Waals surface area contributed by atoms with Crippen molar-refractivity contribution in [2.24, 2.45) is 17.6 Å². The Labute approximate surface area is 128 Å². The Kier molecular flexibility index (Phi) is 8.13. The van der Waals surface area contributed by atoms with Gasteiger partial charge in [-0.25, -0.2) is 0 Å². The van der Waals surface area contributed by atoms with Gasteiger partial charge in [-0.05, 0) is 56.7 Å². The van der Waals surface area contributed by atoms with Crippen molar-refractivity contribution in [2.75, 3.05) is 6.54 Å². The number of carbonyl (C=O) groups excluding carboxylic acids is 1. The molecule has 0 bridgehead atoms. The fourth-order valence-corrected chi connectivity index (χ4v) is 2.57. The number of carbonyl (C=O) groups is 1. The van der Waals surface area contributed by atoms with E-state index in [1.54, 1.807) is 6.26 Å². The van der Waals surface area contributed by atoms with Crippen molar-refractivity contribution in [3.05, 3.63) is 24.2 Å². The highest BCUT2D eigenvalue weighted by atomic mass is 16.3. The van der Waals surface area contributed by atoms with Crippen LogP contribution in [0.2, 0.25) is 0 Å². The lowest BCUT2D eigenvalue weighted by atomic mass is 9.88. The molecule has 0 aromatic carbocycles. The van der Waals surface area contributed by atoms with E-state index in [0.717, 1.165) is 31.4 Å². The molecule has 4 nitrogen and oxygen atoms in total. The molecule has 1 rings (SSSR count). The third-order valence-electron chi connectivity index (χ3n) is 4.03. The first kappa shape index (κ1) is 17.8. The highest BCUT2D eigenvalue weighted by molar-refractivity contribution is 5.76. The number of furan rings is 1. The summed E-state index contributed by atoms with van der Waals surface area (Å²) < 4.78 is 5.30. The third-order valence-corrected chi connectivity index (χ3v) is 4.03. The Morgan fingerprint density at radius 2 is 2.05 bits per heavy atom. The van der Waals surface area contributed by atoms with Gasteiger partial charge in [0.15, 0.2) is 0 Å². The lowest BCUT2D eigenvalue weighted by molar-refractivity contribution is -0.122. The summed E-state index contributed by atoms with van der Waals surface area (Å²) in [6, 6.07) is 4.03. The lowest BCUT2D eigenvalue weighted by Crippen LogP contribution is -2.33. The maximum absolute atomic E-state index is 12.0. The van der Waals surface area contributed by atoms with Gasteiger partial charge in [-0.15, -0.1) is 0 Å². The molecule has 0 fully saturated rings. The van der Waals surface area contributed by atoms with Crippen molar-refractivity contribution in [2.45, 2.75) is 58.9 Å². The van der Waals surface area contributed by atoms with Crippen LogP contribution in [0.15, 0.2) is 22.8 Å². The molecular weight excluding hydrogens is 264 g/mol. The molecule has 1 amide bonds. The van der Waals surface area contributed by atoms with Gasteiger partial charge in [-0.1, -0.05) is 13.8 Å². The van der Waals surface area contributed by atoms with Gasteiger partial charge in [-0.2, -0.15) is 0 Å². The summed E-state index contributed by atoms with van der Waals surface area (Å²) in [5.41, 5.74) is 5.63. The first-order valence-corrected chi connectivity index (χ1v) is 8.04. The minimum atomic E-state index is 0.143. The number of nitrogens with two attached hydrogens (primary N) is 1. The van der Waals surface area contributed by atoms with Crippen molar-refractivity contribution in [1.82, 2.24) is 5.32 Å². The topological polar surface area (TPSA) is 68.3 Å². The molecule has 21 heavy (non-hydrogen) atoms. The van der Waals surface area contributed by atoms with E-state index in [1.165, 1.54) is 0 Å². The zero-order chi connectivity index (χ0) is 15.7. The van der Waals surface area contributed by atoms with E-state index in [9.17, 15) is 4.79 Å². The summed E-state index contributed by atoms with van der Waals surface area (Å²) in [6.07, 6.45) is 5.95. The summed E-state index contributed by atoms with van der Waals surface area (Å²) in [5.74, 6) is 2.24. The van der Waals surface area contributed by atoms with Crippen LogP contribution >= 0.6 is 0 Å². The van der Waals surface area contributed by atoms with E-state index in [4.69, 9.17) is 10.2 Å².